The highest BCUT2D eigenvalue weighted by atomic mass is 79.9. The number of halogens is 1. The third-order valence-electron chi connectivity index (χ3n) is 4.70. The minimum Gasteiger partial charge on any atom is -0.467 e. The van der Waals surface area contributed by atoms with Crippen LogP contribution in [0.25, 0.3) is 10.9 Å². The number of para-hydroxylation sites is 1. The first-order chi connectivity index (χ1) is 14.9. The molecule has 2 N–H and O–H groups in total. The van der Waals surface area contributed by atoms with Gasteiger partial charge in [-0.15, -0.1) is 16.4 Å². The van der Waals surface area contributed by atoms with E-state index < -0.39 is 22.0 Å². The fourth-order valence-corrected chi connectivity index (χ4v) is 6.21. The number of hydrogen-bond acceptors (Lipinski definition) is 7. The number of aromatic nitrogens is 4. The van der Waals surface area contributed by atoms with Gasteiger partial charge in [-0.1, -0.05) is 23.4 Å². The van der Waals surface area contributed by atoms with Crippen LogP contribution in [0, 0.1) is 0 Å². The van der Waals surface area contributed by atoms with Crippen molar-refractivity contribution in [3.8, 4) is 0 Å². The van der Waals surface area contributed by atoms with E-state index in [-0.39, 0.29) is 10.8 Å². The van der Waals surface area contributed by atoms with E-state index in [0.29, 0.717) is 12.1 Å². The lowest BCUT2D eigenvalue weighted by molar-refractivity contribution is -0.144. The van der Waals surface area contributed by atoms with Gasteiger partial charge in [0.25, 0.3) is 0 Å². The third-order valence-corrected chi connectivity index (χ3v) is 8.21. The maximum Gasteiger partial charge on any atom is 0.331 e. The zero-order valence-corrected chi connectivity index (χ0v) is 19.5. The largest absolute Gasteiger partial charge is 0.467 e. The summed E-state index contributed by atoms with van der Waals surface area (Å²) in [4.78, 5) is 15.6. The molecule has 0 saturated carbocycles. The van der Waals surface area contributed by atoms with Crippen molar-refractivity contribution in [3.05, 3.63) is 63.8 Å². The van der Waals surface area contributed by atoms with Crippen LogP contribution in [0.5, 0.6) is 0 Å². The van der Waals surface area contributed by atoms with Gasteiger partial charge in [-0.25, -0.2) is 22.6 Å². The molecule has 0 spiro atoms. The summed E-state index contributed by atoms with van der Waals surface area (Å²) in [6.07, 6.45) is 3.74. The molecule has 0 aliphatic heterocycles. The summed E-state index contributed by atoms with van der Waals surface area (Å²) in [7, 11) is -2.35. The molecular formula is C19H18BrN5O4S2. The number of nitrogens with one attached hydrogen (secondary N) is 2. The van der Waals surface area contributed by atoms with Gasteiger partial charge >= 0.3 is 5.97 Å². The molecule has 0 aliphatic carbocycles. The number of carbonyl (C=O) groups is 1. The Balaban J connectivity index is 1.52. The van der Waals surface area contributed by atoms with Crippen molar-refractivity contribution in [2.45, 2.75) is 23.2 Å². The number of carbonyl (C=O) groups excluding carboxylic acids is 1. The van der Waals surface area contributed by atoms with Crippen molar-refractivity contribution >= 4 is 54.2 Å². The van der Waals surface area contributed by atoms with Crippen molar-refractivity contribution < 1.29 is 17.9 Å². The van der Waals surface area contributed by atoms with Crippen LogP contribution in [0.4, 0.5) is 0 Å². The Morgan fingerprint density at radius 3 is 2.87 bits per heavy atom. The number of H-pyrrole nitrogens is 1. The molecule has 1 atom stereocenters. The fourth-order valence-electron chi connectivity index (χ4n) is 3.16. The topological polar surface area (TPSA) is 119 Å². The van der Waals surface area contributed by atoms with Crippen LogP contribution >= 0.6 is 27.3 Å². The second kappa shape index (κ2) is 8.91. The highest BCUT2D eigenvalue weighted by Crippen LogP contribution is 2.26. The van der Waals surface area contributed by atoms with Crippen LogP contribution in [0.3, 0.4) is 0 Å². The Kier molecular flexibility index (Phi) is 6.23. The number of rotatable bonds is 8. The summed E-state index contributed by atoms with van der Waals surface area (Å²) in [5.74, 6) is -0.467. The monoisotopic (exact) mass is 523 g/mol. The van der Waals surface area contributed by atoms with E-state index in [1.165, 1.54) is 17.9 Å². The van der Waals surface area contributed by atoms with Crippen LogP contribution in [0.1, 0.15) is 17.3 Å². The number of fused-ring (bicyclic) bond motifs is 1. The molecule has 12 heteroatoms. The number of methoxy groups -OCH3 is 1. The number of aromatic amines is 1. The number of benzene rings is 1. The molecule has 1 aromatic carbocycles. The van der Waals surface area contributed by atoms with Gasteiger partial charge in [0, 0.05) is 23.5 Å². The number of nitrogens with zero attached hydrogens (tertiary/aromatic N) is 3. The average Bonchev–Trinajstić information content (AvgIpc) is 3.50. The van der Waals surface area contributed by atoms with E-state index in [9.17, 15) is 13.2 Å². The molecule has 3 aromatic heterocycles. The summed E-state index contributed by atoms with van der Waals surface area (Å²) in [6.45, 7) is -0.0567. The van der Waals surface area contributed by atoms with Crippen LogP contribution < -0.4 is 4.72 Å². The standard InChI is InChI=1S/C19H18BrN5O4S2/c1-29-19(26)16(8-12-9-21-15-5-3-2-4-14(12)15)25-11-13(23-24-25)10-22-31(27,28)18-7-6-17(20)30-18/h2-7,9,11,16,21-22H,8,10H2,1H3/t16-/m0/s1. The predicted octanol–water partition coefficient (Wildman–Crippen LogP) is 3.02. The lowest BCUT2D eigenvalue weighted by Gasteiger charge is -2.14. The minimum absolute atomic E-state index is 0.0567. The van der Waals surface area contributed by atoms with Gasteiger partial charge in [0.05, 0.1) is 29.3 Å². The zero-order valence-electron chi connectivity index (χ0n) is 16.3. The highest BCUT2D eigenvalue weighted by Gasteiger charge is 2.25. The molecule has 162 valence electrons. The Morgan fingerprint density at radius 1 is 1.32 bits per heavy atom. The predicted molar refractivity (Wildman–Crippen MR) is 119 cm³/mol. The first-order valence-corrected chi connectivity index (χ1v) is 12.2. The molecule has 0 unspecified atom stereocenters. The molecule has 0 aliphatic rings. The van der Waals surface area contributed by atoms with E-state index in [4.69, 9.17) is 4.74 Å². The maximum absolute atomic E-state index is 12.5. The lowest BCUT2D eigenvalue weighted by atomic mass is 10.1. The van der Waals surface area contributed by atoms with Gasteiger partial charge in [0.15, 0.2) is 6.04 Å². The van der Waals surface area contributed by atoms with Gasteiger partial charge in [-0.3, -0.25) is 0 Å². The SMILES string of the molecule is COC(=O)[C@H](Cc1c[nH]c2ccccc12)n1cc(CNS(=O)(=O)c2ccc(Br)s2)nn1. The molecule has 9 nitrogen and oxygen atoms in total. The Bertz CT molecular complexity index is 1330. The van der Waals surface area contributed by atoms with Gasteiger partial charge < -0.3 is 9.72 Å². The van der Waals surface area contributed by atoms with Crippen LogP contribution in [0.2, 0.25) is 0 Å². The molecule has 0 fully saturated rings. The highest BCUT2D eigenvalue weighted by molar-refractivity contribution is 9.11. The molecule has 4 rings (SSSR count). The van der Waals surface area contributed by atoms with Crippen molar-refractivity contribution in [3.63, 3.8) is 0 Å². The molecule has 31 heavy (non-hydrogen) atoms. The first-order valence-electron chi connectivity index (χ1n) is 9.16. The summed E-state index contributed by atoms with van der Waals surface area (Å²) < 4.78 is 34.6. The Hall–Kier alpha value is -2.54. The van der Waals surface area contributed by atoms with E-state index >= 15 is 0 Å². The number of hydrogen-bond donors (Lipinski definition) is 2. The van der Waals surface area contributed by atoms with Gasteiger partial charge in [0.1, 0.15) is 4.21 Å². The van der Waals surface area contributed by atoms with Crippen LogP contribution in [-0.4, -0.2) is 41.5 Å². The van der Waals surface area contributed by atoms with Crippen molar-refractivity contribution in [2.75, 3.05) is 7.11 Å². The van der Waals surface area contributed by atoms with Gasteiger partial charge in [0.2, 0.25) is 10.0 Å². The van der Waals surface area contributed by atoms with Crippen LogP contribution in [0.15, 0.2) is 56.8 Å². The smallest absolute Gasteiger partial charge is 0.331 e. The van der Waals surface area contributed by atoms with E-state index in [2.05, 4.69) is 35.9 Å². The Morgan fingerprint density at radius 2 is 2.13 bits per heavy atom. The lowest BCUT2D eigenvalue weighted by Crippen LogP contribution is -2.24. The number of ether oxygens (including phenoxy) is 1. The van der Waals surface area contributed by atoms with Crippen molar-refractivity contribution in [1.82, 2.24) is 24.7 Å². The third kappa shape index (κ3) is 4.71. The second-order valence-corrected chi connectivity index (χ2v) is 11.1. The molecular weight excluding hydrogens is 506 g/mol. The fraction of sp³-hybridized carbons (Fsp3) is 0.211. The summed E-state index contributed by atoms with van der Waals surface area (Å²) in [6, 6.07) is 10.2. The molecule has 0 bridgehead atoms. The second-order valence-electron chi connectivity index (χ2n) is 6.68. The molecule has 0 radical (unpaired) electrons. The quantitative estimate of drug-likeness (QED) is 0.342. The van der Waals surface area contributed by atoms with Crippen LogP contribution in [-0.2, 0) is 32.5 Å². The van der Waals surface area contributed by atoms with E-state index in [1.54, 1.807) is 12.3 Å². The minimum atomic E-state index is -3.67. The molecule has 4 aromatic rings. The number of esters is 1. The number of sulfonamides is 1. The Labute approximate surface area is 190 Å². The van der Waals surface area contributed by atoms with E-state index in [1.807, 2.05) is 30.5 Å². The normalized spacial score (nSPS) is 12.8. The number of thiophene rings is 1. The summed E-state index contributed by atoms with van der Waals surface area (Å²) in [5, 5.41) is 9.06. The van der Waals surface area contributed by atoms with Gasteiger partial charge in [-0.05, 0) is 39.7 Å². The summed E-state index contributed by atoms with van der Waals surface area (Å²) in [5.41, 5.74) is 2.29. The maximum atomic E-state index is 12.5. The van der Waals surface area contributed by atoms with Crippen molar-refractivity contribution in [1.29, 1.82) is 0 Å². The zero-order chi connectivity index (χ0) is 22.0. The van der Waals surface area contributed by atoms with E-state index in [0.717, 1.165) is 31.6 Å². The molecule has 0 saturated heterocycles. The van der Waals surface area contributed by atoms with Gasteiger partial charge in [-0.2, -0.15) is 0 Å². The molecule has 3 heterocycles. The molecule has 0 amide bonds. The van der Waals surface area contributed by atoms with Crippen molar-refractivity contribution in [2.24, 2.45) is 0 Å². The first kappa shape index (κ1) is 21.7. The average molecular weight is 524 g/mol. The summed E-state index contributed by atoms with van der Waals surface area (Å²) >= 11 is 4.36.